The van der Waals surface area contributed by atoms with Crippen LogP contribution in [0.3, 0.4) is 0 Å². The summed E-state index contributed by atoms with van der Waals surface area (Å²) in [6.45, 7) is 0.491. The lowest BCUT2D eigenvalue weighted by molar-refractivity contribution is 0.0600. The molecule has 2 amide bonds. The van der Waals surface area contributed by atoms with Crippen LogP contribution in [0.1, 0.15) is 21.5 Å². The minimum atomic E-state index is -0.793. The molecule has 8 nitrogen and oxygen atoms in total. The molecule has 10 heteroatoms. The average Bonchev–Trinajstić information content (AvgIpc) is 3.28. The number of esters is 1. The summed E-state index contributed by atoms with van der Waals surface area (Å²) in [5.74, 6) is -0.179. The molecule has 0 radical (unpaired) electrons. The Labute approximate surface area is 252 Å². The minimum Gasteiger partial charge on any atom is -0.493 e. The molecule has 1 heterocycles. The molecule has 43 heavy (non-hydrogen) atoms. The maximum atomic E-state index is 13.5. The molecule has 0 atom stereocenters. The second-order valence-corrected chi connectivity index (χ2v) is 10.8. The molecule has 0 fully saturated rings. The van der Waals surface area contributed by atoms with E-state index in [2.05, 4.69) is 15.5 Å². The van der Waals surface area contributed by atoms with Crippen molar-refractivity contribution >= 4 is 46.0 Å². The number of methoxy groups -OCH3 is 1. The number of urea groups is 1. The summed E-state index contributed by atoms with van der Waals surface area (Å²) in [7, 11) is 1.36. The van der Waals surface area contributed by atoms with E-state index in [1.165, 1.54) is 25.3 Å². The summed E-state index contributed by atoms with van der Waals surface area (Å²) in [5.41, 5.74) is 3.90. The number of hydrogen-bond acceptors (Lipinski definition) is 6. The normalized spacial score (nSPS) is 11.2. The van der Waals surface area contributed by atoms with Gasteiger partial charge in [0.15, 0.2) is 5.69 Å². The first-order valence-electron chi connectivity index (χ1n) is 13.6. The number of benzene rings is 4. The Morgan fingerprint density at radius 1 is 0.930 bits per heavy atom. The topological polar surface area (TPSA) is 105 Å². The predicted molar refractivity (Wildman–Crippen MR) is 166 cm³/mol. The maximum absolute atomic E-state index is 13.5. The largest absolute Gasteiger partial charge is 0.493 e. The predicted octanol–water partition coefficient (Wildman–Crippen LogP) is 8.17. The van der Waals surface area contributed by atoms with Crippen LogP contribution in [0.25, 0.3) is 10.9 Å². The Kier molecular flexibility index (Phi) is 9.48. The SMILES string of the molecule is COC(=O)c1ccc(CCSc2ccc3c(c2)c(N=NC(=O)Nc2cccc(F)c2)c(O)n3CCc2ccccc2)cc1. The Balaban J connectivity index is 1.36. The third kappa shape index (κ3) is 7.47. The third-order valence-corrected chi connectivity index (χ3v) is 7.80. The highest BCUT2D eigenvalue weighted by molar-refractivity contribution is 7.99. The number of thioether (sulfide) groups is 1. The van der Waals surface area contributed by atoms with Gasteiger partial charge in [-0.2, -0.15) is 0 Å². The van der Waals surface area contributed by atoms with Crippen molar-refractivity contribution in [3.8, 4) is 5.88 Å². The zero-order valence-corrected chi connectivity index (χ0v) is 24.2. The van der Waals surface area contributed by atoms with Crippen molar-refractivity contribution in [3.63, 3.8) is 0 Å². The van der Waals surface area contributed by atoms with Crippen LogP contribution in [0, 0.1) is 5.82 Å². The van der Waals surface area contributed by atoms with Gasteiger partial charge >= 0.3 is 12.0 Å². The van der Waals surface area contributed by atoms with Crippen LogP contribution in [0.4, 0.5) is 20.6 Å². The van der Waals surface area contributed by atoms with E-state index in [9.17, 15) is 19.1 Å². The highest BCUT2D eigenvalue weighted by atomic mass is 32.2. The van der Waals surface area contributed by atoms with Gasteiger partial charge < -0.3 is 19.7 Å². The number of anilines is 1. The van der Waals surface area contributed by atoms with E-state index in [0.29, 0.717) is 23.9 Å². The summed E-state index contributed by atoms with van der Waals surface area (Å²) >= 11 is 1.64. The fraction of sp³-hybridized carbons (Fsp3) is 0.152. The van der Waals surface area contributed by atoms with Gasteiger partial charge in [-0.3, -0.25) is 0 Å². The number of fused-ring (bicyclic) bond motifs is 1. The lowest BCUT2D eigenvalue weighted by Crippen LogP contribution is -2.05. The lowest BCUT2D eigenvalue weighted by Gasteiger charge is -2.08. The monoisotopic (exact) mass is 596 g/mol. The number of carbonyl (C=O) groups excluding carboxylic acids is 2. The average molecular weight is 597 g/mol. The maximum Gasteiger partial charge on any atom is 0.364 e. The number of hydrogen-bond donors (Lipinski definition) is 2. The molecule has 0 aliphatic carbocycles. The molecule has 2 N–H and O–H groups in total. The van der Waals surface area contributed by atoms with Gasteiger partial charge in [-0.15, -0.1) is 16.9 Å². The van der Waals surface area contributed by atoms with Crippen molar-refractivity contribution < 1.29 is 23.8 Å². The molecule has 1 aromatic heterocycles. The van der Waals surface area contributed by atoms with E-state index in [4.69, 9.17) is 4.74 Å². The summed E-state index contributed by atoms with van der Waals surface area (Å²) in [4.78, 5) is 25.1. The number of amides is 2. The zero-order chi connectivity index (χ0) is 30.2. The summed E-state index contributed by atoms with van der Waals surface area (Å²) < 4.78 is 20.0. The van der Waals surface area contributed by atoms with Crippen LogP contribution in [0.15, 0.2) is 112 Å². The van der Waals surface area contributed by atoms with E-state index in [-0.39, 0.29) is 23.2 Å². The zero-order valence-electron chi connectivity index (χ0n) is 23.4. The molecule has 0 bridgehead atoms. The molecule has 0 aliphatic heterocycles. The molecule has 0 spiro atoms. The number of aromatic hydroxyl groups is 1. The lowest BCUT2D eigenvalue weighted by atomic mass is 10.1. The smallest absolute Gasteiger partial charge is 0.364 e. The van der Waals surface area contributed by atoms with Crippen LogP contribution in [-0.2, 0) is 24.1 Å². The Morgan fingerprint density at radius 2 is 1.70 bits per heavy atom. The van der Waals surface area contributed by atoms with E-state index >= 15 is 0 Å². The number of nitrogens with zero attached hydrogens (tertiary/aromatic N) is 3. The Morgan fingerprint density at radius 3 is 2.44 bits per heavy atom. The molecule has 0 aliphatic rings. The molecular weight excluding hydrogens is 567 g/mol. The van der Waals surface area contributed by atoms with Crippen LogP contribution in [0.2, 0.25) is 0 Å². The highest BCUT2D eigenvalue weighted by Crippen LogP contribution is 2.41. The highest BCUT2D eigenvalue weighted by Gasteiger charge is 2.18. The van der Waals surface area contributed by atoms with Crippen LogP contribution >= 0.6 is 11.8 Å². The number of rotatable bonds is 10. The van der Waals surface area contributed by atoms with Crippen LogP contribution < -0.4 is 5.32 Å². The number of ether oxygens (including phenoxy) is 1. The minimum absolute atomic E-state index is 0.0962. The van der Waals surface area contributed by atoms with Crippen LogP contribution in [0.5, 0.6) is 5.88 Å². The van der Waals surface area contributed by atoms with E-state index in [1.807, 2.05) is 60.7 Å². The second kappa shape index (κ2) is 13.8. The summed E-state index contributed by atoms with van der Waals surface area (Å²) in [6.07, 6.45) is 1.46. The number of aromatic nitrogens is 1. The van der Waals surface area contributed by atoms with Gasteiger partial charge in [-0.25, -0.2) is 14.0 Å². The fourth-order valence-corrected chi connectivity index (χ4v) is 5.56. The molecular formula is C33H29FN4O4S. The van der Waals surface area contributed by atoms with Crippen molar-refractivity contribution in [2.24, 2.45) is 10.2 Å². The van der Waals surface area contributed by atoms with E-state index in [1.54, 1.807) is 34.5 Å². The van der Waals surface area contributed by atoms with Gasteiger partial charge in [-0.05, 0) is 72.5 Å². The Hall–Kier alpha value is -4.96. The van der Waals surface area contributed by atoms with E-state index < -0.39 is 11.8 Å². The first kappa shape index (κ1) is 29.5. The molecule has 5 aromatic rings. The van der Waals surface area contributed by atoms with Crippen molar-refractivity contribution in [1.29, 1.82) is 0 Å². The van der Waals surface area contributed by atoms with Crippen molar-refractivity contribution in [2.45, 2.75) is 24.3 Å². The van der Waals surface area contributed by atoms with Gasteiger partial charge in [0, 0.05) is 28.3 Å². The first-order chi connectivity index (χ1) is 20.9. The third-order valence-electron chi connectivity index (χ3n) is 6.80. The molecule has 5 rings (SSSR count). The number of nitrogens with one attached hydrogen (secondary N) is 1. The van der Waals surface area contributed by atoms with Crippen molar-refractivity contribution in [3.05, 3.63) is 120 Å². The number of aryl methyl sites for hydroxylation is 3. The molecule has 0 saturated heterocycles. The molecule has 218 valence electrons. The molecule has 4 aromatic carbocycles. The van der Waals surface area contributed by atoms with Gasteiger partial charge in [0.2, 0.25) is 5.88 Å². The Bertz CT molecular complexity index is 1770. The first-order valence-corrected chi connectivity index (χ1v) is 14.6. The quantitative estimate of drug-likeness (QED) is 0.0961. The number of carbonyl (C=O) groups is 2. The summed E-state index contributed by atoms with van der Waals surface area (Å²) in [5, 5.41) is 22.2. The van der Waals surface area contributed by atoms with Crippen molar-refractivity contribution in [2.75, 3.05) is 18.2 Å². The van der Waals surface area contributed by atoms with Gasteiger partial charge in [-0.1, -0.05) is 53.6 Å². The number of halogens is 1. The number of azo groups is 1. The fourth-order valence-electron chi connectivity index (χ4n) is 4.63. The molecule has 0 unspecified atom stereocenters. The van der Waals surface area contributed by atoms with Gasteiger partial charge in [0.25, 0.3) is 0 Å². The summed E-state index contributed by atoms with van der Waals surface area (Å²) in [6, 6.07) is 27.8. The van der Waals surface area contributed by atoms with Crippen molar-refractivity contribution in [1.82, 2.24) is 4.57 Å². The standard InChI is InChI=1S/C33H29FN4O4S/c1-42-32(40)24-12-10-23(11-13-24)17-19-43-27-14-15-29-28(21-27)30(31(39)38(29)18-16-22-6-3-2-4-7-22)36-37-33(41)35-26-9-5-8-25(34)20-26/h2-15,20-21,39H,16-19H2,1H3,(H,35,41). The van der Waals surface area contributed by atoms with Crippen LogP contribution in [-0.4, -0.2) is 34.5 Å². The molecule has 0 saturated carbocycles. The second-order valence-electron chi connectivity index (χ2n) is 9.67. The van der Waals surface area contributed by atoms with E-state index in [0.717, 1.165) is 33.7 Å². The van der Waals surface area contributed by atoms with Gasteiger partial charge in [0.1, 0.15) is 5.82 Å². The van der Waals surface area contributed by atoms with Gasteiger partial charge in [0.05, 0.1) is 18.2 Å².